The second kappa shape index (κ2) is 4.93. The number of nitrogens with two attached hydrogens (primary N) is 1. The van der Waals surface area contributed by atoms with E-state index in [1.54, 1.807) is 0 Å². The molecule has 1 rings (SSSR count). The van der Waals surface area contributed by atoms with Gasteiger partial charge in [0, 0.05) is 0 Å². The van der Waals surface area contributed by atoms with Crippen LogP contribution in [0.3, 0.4) is 0 Å². The first kappa shape index (κ1) is 10.9. The molecule has 0 heterocycles. The lowest BCUT2D eigenvalue weighted by Gasteiger charge is -2.11. The lowest BCUT2D eigenvalue weighted by atomic mass is 10.1. The van der Waals surface area contributed by atoms with E-state index in [0.29, 0.717) is 18.5 Å². The molecule has 0 aliphatic rings. The number of aliphatic hydroxyl groups is 1. The molecule has 0 aromatic heterocycles. The summed E-state index contributed by atoms with van der Waals surface area (Å²) in [6, 6.07) is 4.28. The van der Waals surface area contributed by atoms with Crippen LogP contribution in [-0.4, -0.2) is 18.8 Å². The first-order valence-corrected chi connectivity index (χ1v) is 4.40. The van der Waals surface area contributed by atoms with Crippen LogP contribution in [0, 0.1) is 5.82 Å². The van der Waals surface area contributed by atoms with E-state index in [4.69, 9.17) is 10.5 Å². The normalized spacial score (nSPS) is 12.6. The van der Waals surface area contributed by atoms with Gasteiger partial charge in [-0.1, -0.05) is 6.07 Å². The number of benzene rings is 1. The highest BCUT2D eigenvalue weighted by atomic mass is 19.1. The van der Waals surface area contributed by atoms with E-state index in [2.05, 4.69) is 0 Å². The minimum Gasteiger partial charge on any atom is -0.494 e. The molecular formula is C10H14FNO2. The molecule has 0 aliphatic heterocycles. The smallest absolute Gasteiger partial charge is 0.165 e. The number of methoxy groups -OCH3 is 1. The second-order valence-electron chi connectivity index (χ2n) is 2.99. The number of aliphatic hydroxyl groups excluding tert-OH is 1. The Labute approximate surface area is 82.3 Å². The Kier molecular flexibility index (Phi) is 3.85. The summed E-state index contributed by atoms with van der Waals surface area (Å²) in [7, 11) is 1.39. The molecule has 1 unspecified atom stereocenters. The molecule has 14 heavy (non-hydrogen) atoms. The highest BCUT2D eigenvalue weighted by Gasteiger charge is 2.09. The summed E-state index contributed by atoms with van der Waals surface area (Å²) in [4.78, 5) is 0. The molecule has 78 valence electrons. The SMILES string of the molecule is COc1cc(C(O)CCN)ccc1F. The van der Waals surface area contributed by atoms with Gasteiger partial charge in [0.2, 0.25) is 0 Å². The van der Waals surface area contributed by atoms with E-state index >= 15 is 0 Å². The summed E-state index contributed by atoms with van der Waals surface area (Å²) in [6.45, 7) is 0.390. The third-order valence-electron chi connectivity index (χ3n) is 2.00. The lowest BCUT2D eigenvalue weighted by Crippen LogP contribution is -2.07. The van der Waals surface area contributed by atoms with Crippen molar-refractivity contribution in [2.75, 3.05) is 13.7 Å². The zero-order valence-electron chi connectivity index (χ0n) is 8.03. The molecule has 1 aromatic rings. The molecule has 4 heteroatoms. The number of rotatable bonds is 4. The van der Waals surface area contributed by atoms with E-state index < -0.39 is 11.9 Å². The topological polar surface area (TPSA) is 55.5 Å². The van der Waals surface area contributed by atoms with Crippen molar-refractivity contribution in [2.24, 2.45) is 5.73 Å². The molecule has 0 bridgehead atoms. The molecule has 1 atom stereocenters. The van der Waals surface area contributed by atoms with Crippen molar-refractivity contribution in [3.63, 3.8) is 0 Å². The van der Waals surface area contributed by atoms with Gasteiger partial charge in [-0.25, -0.2) is 4.39 Å². The van der Waals surface area contributed by atoms with E-state index in [-0.39, 0.29) is 5.75 Å². The lowest BCUT2D eigenvalue weighted by molar-refractivity contribution is 0.169. The van der Waals surface area contributed by atoms with Gasteiger partial charge in [-0.2, -0.15) is 0 Å². The fourth-order valence-corrected chi connectivity index (χ4v) is 1.21. The predicted molar refractivity (Wildman–Crippen MR) is 51.6 cm³/mol. The van der Waals surface area contributed by atoms with E-state index in [1.807, 2.05) is 0 Å². The average molecular weight is 199 g/mol. The van der Waals surface area contributed by atoms with Crippen molar-refractivity contribution in [1.82, 2.24) is 0 Å². The van der Waals surface area contributed by atoms with Gasteiger partial charge in [0.1, 0.15) is 0 Å². The third kappa shape index (κ3) is 2.43. The summed E-state index contributed by atoms with van der Waals surface area (Å²) in [6.07, 6.45) is -0.205. The fourth-order valence-electron chi connectivity index (χ4n) is 1.21. The van der Waals surface area contributed by atoms with Gasteiger partial charge in [-0.3, -0.25) is 0 Å². The van der Waals surface area contributed by atoms with Crippen molar-refractivity contribution in [3.8, 4) is 5.75 Å². The Bertz CT molecular complexity index is 304. The van der Waals surface area contributed by atoms with Gasteiger partial charge in [0.15, 0.2) is 11.6 Å². The van der Waals surface area contributed by atoms with Gasteiger partial charge < -0.3 is 15.6 Å². The van der Waals surface area contributed by atoms with Gasteiger partial charge in [-0.15, -0.1) is 0 Å². The van der Waals surface area contributed by atoms with Gasteiger partial charge in [-0.05, 0) is 30.7 Å². The molecular weight excluding hydrogens is 185 g/mol. The number of hydrogen-bond donors (Lipinski definition) is 2. The summed E-state index contributed by atoms with van der Waals surface area (Å²) in [5.41, 5.74) is 5.92. The predicted octanol–water partition coefficient (Wildman–Crippen LogP) is 1.22. The Hall–Kier alpha value is -1.13. The Morgan fingerprint density at radius 2 is 2.29 bits per heavy atom. The van der Waals surface area contributed by atoms with Gasteiger partial charge >= 0.3 is 0 Å². The van der Waals surface area contributed by atoms with Gasteiger partial charge in [0.25, 0.3) is 0 Å². The number of ether oxygens (including phenoxy) is 1. The van der Waals surface area contributed by atoms with Crippen molar-refractivity contribution in [3.05, 3.63) is 29.6 Å². The Morgan fingerprint density at radius 1 is 1.57 bits per heavy atom. The van der Waals surface area contributed by atoms with Crippen LogP contribution in [-0.2, 0) is 0 Å². The summed E-state index contributed by atoms with van der Waals surface area (Å²) < 4.78 is 17.8. The minimum atomic E-state index is -0.658. The van der Waals surface area contributed by atoms with Crippen molar-refractivity contribution in [2.45, 2.75) is 12.5 Å². The number of hydrogen-bond acceptors (Lipinski definition) is 3. The first-order chi connectivity index (χ1) is 6.69. The largest absolute Gasteiger partial charge is 0.494 e. The summed E-state index contributed by atoms with van der Waals surface area (Å²) >= 11 is 0. The monoisotopic (exact) mass is 199 g/mol. The standard InChI is InChI=1S/C10H14FNO2/c1-14-10-6-7(2-3-8(10)11)9(13)4-5-12/h2-3,6,9,13H,4-5,12H2,1H3. The Balaban J connectivity index is 2.88. The number of halogens is 1. The van der Waals surface area contributed by atoms with Crippen molar-refractivity contribution in [1.29, 1.82) is 0 Å². The maximum atomic E-state index is 13.0. The zero-order valence-corrected chi connectivity index (χ0v) is 8.03. The van der Waals surface area contributed by atoms with Crippen LogP contribution in [0.25, 0.3) is 0 Å². The molecule has 0 aliphatic carbocycles. The zero-order chi connectivity index (χ0) is 10.6. The molecule has 0 spiro atoms. The molecule has 0 radical (unpaired) electrons. The maximum absolute atomic E-state index is 13.0. The van der Waals surface area contributed by atoms with E-state index in [1.165, 1.54) is 25.3 Å². The quantitative estimate of drug-likeness (QED) is 0.766. The molecule has 3 N–H and O–H groups in total. The van der Waals surface area contributed by atoms with Crippen LogP contribution < -0.4 is 10.5 Å². The summed E-state index contributed by atoms with van der Waals surface area (Å²) in [5.74, 6) is -0.297. The van der Waals surface area contributed by atoms with Crippen LogP contribution in [0.5, 0.6) is 5.75 Å². The highest BCUT2D eigenvalue weighted by molar-refractivity contribution is 5.31. The third-order valence-corrected chi connectivity index (χ3v) is 2.00. The minimum absolute atomic E-state index is 0.138. The molecule has 0 fully saturated rings. The first-order valence-electron chi connectivity index (χ1n) is 4.40. The molecule has 1 aromatic carbocycles. The highest BCUT2D eigenvalue weighted by Crippen LogP contribution is 2.23. The maximum Gasteiger partial charge on any atom is 0.165 e. The summed E-state index contributed by atoms with van der Waals surface area (Å²) in [5, 5.41) is 9.57. The molecule has 0 amide bonds. The van der Waals surface area contributed by atoms with Crippen LogP contribution in [0.2, 0.25) is 0 Å². The second-order valence-corrected chi connectivity index (χ2v) is 2.99. The average Bonchev–Trinajstić information content (AvgIpc) is 2.19. The Morgan fingerprint density at radius 3 is 2.86 bits per heavy atom. The van der Waals surface area contributed by atoms with Crippen molar-refractivity contribution >= 4 is 0 Å². The van der Waals surface area contributed by atoms with E-state index in [9.17, 15) is 9.50 Å². The molecule has 0 saturated heterocycles. The van der Waals surface area contributed by atoms with Crippen LogP contribution >= 0.6 is 0 Å². The van der Waals surface area contributed by atoms with Gasteiger partial charge in [0.05, 0.1) is 13.2 Å². The van der Waals surface area contributed by atoms with Crippen molar-refractivity contribution < 1.29 is 14.2 Å². The molecule has 3 nitrogen and oxygen atoms in total. The fraction of sp³-hybridized carbons (Fsp3) is 0.400. The molecule has 0 saturated carbocycles. The van der Waals surface area contributed by atoms with E-state index in [0.717, 1.165) is 0 Å². The van der Waals surface area contributed by atoms with Crippen LogP contribution in [0.4, 0.5) is 4.39 Å². The van der Waals surface area contributed by atoms with Crippen LogP contribution in [0.1, 0.15) is 18.1 Å². The van der Waals surface area contributed by atoms with Crippen LogP contribution in [0.15, 0.2) is 18.2 Å².